The summed E-state index contributed by atoms with van der Waals surface area (Å²) < 4.78 is 0. The molecule has 0 atom stereocenters. The zero-order valence-corrected chi connectivity index (χ0v) is 17.4. The fourth-order valence-corrected chi connectivity index (χ4v) is 2.54. The first kappa shape index (κ1) is 22.2. The van der Waals surface area contributed by atoms with Crippen molar-refractivity contribution in [2.75, 3.05) is 0 Å². The summed E-state index contributed by atoms with van der Waals surface area (Å²) in [5, 5.41) is 0. The third-order valence-electron chi connectivity index (χ3n) is 4.25. The van der Waals surface area contributed by atoms with Gasteiger partial charge in [0.05, 0.1) is 0 Å². The first-order chi connectivity index (χ1) is 12.9. The fourth-order valence-electron chi connectivity index (χ4n) is 2.54. The minimum atomic E-state index is 1.13. The molecule has 0 saturated heterocycles. The number of hydrogen-bond acceptors (Lipinski definition) is 0. The lowest BCUT2D eigenvalue weighted by Crippen LogP contribution is -1.89. The molecule has 1 rings (SSSR count). The van der Waals surface area contributed by atoms with Crippen molar-refractivity contribution in [2.45, 2.75) is 34.6 Å². The lowest BCUT2D eigenvalue weighted by Gasteiger charge is -2.09. The lowest BCUT2D eigenvalue weighted by molar-refractivity contribution is 1.32. The van der Waals surface area contributed by atoms with Crippen molar-refractivity contribution in [1.29, 1.82) is 0 Å². The summed E-state index contributed by atoms with van der Waals surface area (Å²) >= 11 is 0. The summed E-state index contributed by atoms with van der Waals surface area (Å²) in [7, 11) is 0. The molecule has 0 N–H and O–H groups in total. The molecule has 0 radical (unpaired) electrons. The van der Waals surface area contributed by atoms with Gasteiger partial charge < -0.3 is 0 Å². The van der Waals surface area contributed by atoms with E-state index < -0.39 is 0 Å². The Kier molecular flexibility index (Phi) is 9.61. The van der Waals surface area contributed by atoms with Crippen molar-refractivity contribution < 1.29 is 0 Å². The highest BCUT2D eigenvalue weighted by Crippen LogP contribution is 2.24. The molecular formula is C27H32. The topological polar surface area (TPSA) is 0 Å². The molecule has 0 aliphatic rings. The van der Waals surface area contributed by atoms with Crippen LogP contribution in [0.1, 0.15) is 45.7 Å². The van der Waals surface area contributed by atoms with Crippen molar-refractivity contribution in [3.63, 3.8) is 0 Å². The van der Waals surface area contributed by atoms with E-state index in [1.54, 1.807) is 6.08 Å². The molecule has 0 fully saturated rings. The standard InChI is InChI=1S/C27H32/c1-8-11-12-13-23(7)27(22(6)9-2)20-24-15-18-26(19-16-24)25(10-3)17-14-21(4)5/h8-20H,1,3H2,2,4-7H3/b12-11-,22-9+,23-13+,25-17+,27-20-. The van der Waals surface area contributed by atoms with Crippen LogP contribution in [0.4, 0.5) is 0 Å². The van der Waals surface area contributed by atoms with Gasteiger partial charge in [0, 0.05) is 0 Å². The Bertz CT molecular complexity index is 825. The minimum absolute atomic E-state index is 1.13. The molecule has 1 aromatic rings. The van der Waals surface area contributed by atoms with Gasteiger partial charge in [-0.05, 0) is 74.1 Å². The van der Waals surface area contributed by atoms with E-state index in [0.717, 1.165) is 5.57 Å². The van der Waals surface area contributed by atoms with E-state index in [1.807, 2.05) is 18.2 Å². The molecule has 0 saturated carbocycles. The third-order valence-corrected chi connectivity index (χ3v) is 4.25. The van der Waals surface area contributed by atoms with Crippen molar-refractivity contribution in [2.24, 2.45) is 0 Å². The van der Waals surface area contributed by atoms with Crippen LogP contribution in [0.2, 0.25) is 0 Å². The average molecular weight is 357 g/mol. The van der Waals surface area contributed by atoms with Crippen molar-refractivity contribution in [3.8, 4) is 0 Å². The number of benzene rings is 1. The molecule has 0 heteroatoms. The Morgan fingerprint density at radius 3 is 2.00 bits per heavy atom. The average Bonchev–Trinajstić information content (AvgIpc) is 2.66. The van der Waals surface area contributed by atoms with Crippen LogP contribution in [0.3, 0.4) is 0 Å². The Morgan fingerprint density at radius 2 is 1.48 bits per heavy atom. The Labute approximate surface area is 166 Å². The second-order valence-corrected chi connectivity index (χ2v) is 6.69. The van der Waals surface area contributed by atoms with Crippen LogP contribution in [0.15, 0.2) is 108 Å². The van der Waals surface area contributed by atoms with Crippen LogP contribution in [0.5, 0.6) is 0 Å². The summed E-state index contributed by atoms with van der Waals surface area (Å²) in [6.07, 6.45) is 18.4. The van der Waals surface area contributed by atoms with Gasteiger partial charge in [-0.3, -0.25) is 0 Å². The van der Waals surface area contributed by atoms with Gasteiger partial charge in [-0.2, -0.15) is 0 Å². The van der Waals surface area contributed by atoms with Crippen molar-refractivity contribution >= 4 is 11.6 Å². The Balaban J connectivity index is 3.26. The van der Waals surface area contributed by atoms with Crippen LogP contribution in [-0.4, -0.2) is 0 Å². The van der Waals surface area contributed by atoms with Gasteiger partial charge in [-0.25, -0.2) is 0 Å². The van der Waals surface area contributed by atoms with Crippen LogP contribution < -0.4 is 0 Å². The SMILES string of the molecule is C=C\C=C/C=C(C)/C(=C\c1ccc(/C(C=C)=C/C=C(C)C)cc1)C(/C)=C/C. The maximum Gasteiger partial charge on any atom is -0.0184 e. The molecule has 27 heavy (non-hydrogen) atoms. The van der Waals surface area contributed by atoms with Gasteiger partial charge in [-0.1, -0.05) is 91.6 Å². The second-order valence-electron chi connectivity index (χ2n) is 6.69. The first-order valence-electron chi connectivity index (χ1n) is 9.32. The predicted octanol–water partition coefficient (Wildman–Crippen LogP) is 8.26. The molecule has 0 aliphatic heterocycles. The summed E-state index contributed by atoms with van der Waals surface area (Å²) in [4.78, 5) is 0. The Morgan fingerprint density at radius 1 is 0.815 bits per heavy atom. The largest absolute Gasteiger partial charge is 0.0991 e. The number of rotatable bonds is 8. The molecule has 0 nitrogen and oxygen atoms in total. The van der Waals surface area contributed by atoms with Gasteiger partial charge in [0.15, 0.2) is 0 Å². The lowest BCUT2D eigenvalue weighted by atomic mass is 9.96. The third kappa shape index (κ3) is 7.50. The van der Waals surface area contributed by atoms with Crippen LogP contribution in [-0.2, 0) is 0 Å². The molecule has 0 aliphatic carbocycles. The Hall–Kier alpha value is -2.86. The van der Waals surface area contributed by atoms with Crippen LogP contribution in [0.25, 0.3) is 11.6 Å². The second kappa shape index (κ2) is 11.7. The summed E-state index contributed by atoms with van der Waals surface area (Å²) in [5.41, 5.74) is 8.47. The van der Waals surface area contributed by atoms with Crippen LogP contribution in [0, 0.1) is 0 Å². The van der Waals surface area contributed by atoms with E-state index in [2.05, 4.69) is 102 Å². The highest BCUT2D eigenvalue weighted by Gasteiger charge is 2.03. The van der Waals surface area contributed by atoms with E-state index in [4.69, 9.17) is 0 Å². The molecule has 0 heterocycles. The number of hydrogen-bond donors (Lipinski definition) is 0. The zero-order valence-electron chi connectivity index (χ0n) is 17.4. The summed E-state index contributed by atoms with van der Waals surface area (Å²) in [5.74, 6) is 0. The quantitative estimate of drug-likeness (QED) is 0.411. The summed E-state index contributed by atoms with van der Waals surface area (Å²) in [6, 6.07) is 8.62. The molecule has 0 amide bonds. The van der Waals surface area contributed by atoms with E-state index in [1.165, 1.54) is 33.4 Å². The maximum atomic E-state index is 3.94. The van der Waals surface area contributed by atoms with Gasteiger partial charge >= 0.3 is 0 Å². The smallest absolute Gasteiger partial charge is 0.0184 e. The van der Waals surface area contributed by atoms with Gasteiger partial charge in [-0.15, -0.1) is 0 Å². The molecule has 140 valence electrons. The van der Waals surface area contributed by atoms with Gasteiger partial charge in [0.25, 0.3) is 0 Å². The van der Waals surface area contributed by atoms with E-state index in [9.17, 15) is 0 Å². The number of allylic oxidation sites excluding steroid dienone is 13. The molecule has 0 aromatic heterocycles. The first-order valence-corrected chi connectivity index (χ1v) is 9.32. The molecular weight excluding hydrogens is 324 g/mol. The molecule has 0 unspecified atom stereocenters. The van der Waals surface area contributed by atoms with E-state index in [0.29, 0.717) is 0 Å². The fraction of sp³-hybridized carbons (Fsp3) is 0.185. The normalized spacial score (nSPS) is 13.7. The maximum absolute atomic E-state index is 3.94. The van der Waals surface area contributed by atoms with Gasteiger partial charge in [0.1, 0.15) is 0 Å². The summed E-state index contributed by atoms with van der Waals surface area (Å²) in [6.45, 7) is 18.2. The predicted molar refractivity (Wildman–Crippen MR) is 125 cm³/mol. The highest BCUT2D eigenvalue weighted by atomic mass is 14.1. The molecule has 0 spiro atoms. The van der Waals surface area contributed by atoms with Crippen molar-refractivity contribution in [3.05, 3.63) is 119 Å². The molecule has 0 bridgehead atoms. The van der Waals surface area contributed by atoms with E-state index in [-0.39, 0.29) is 0 Å². The zero-order chi connectivity index (χ0) is 20.2. The molecule has 1 aromatic carbocycles. The highest BCUT2D eigenvalue weighted by molar-refractivity contribution is 5.76. The van der Waals surface area contributed by atoms with Crippen molar-refractivity contribution in [1.82, 2.24) is 0 Å². The monoisotopic (exact) mass is 356 g/mol. The minimum Gasteiger partial charge on any atom is -0.0991 e. The van der Waals surface area contributed by atoms with Gasteiger partial charge in [0.2, 0.25) is 0 Å². The van der Waals surface area contributed by atoms with Crippen LogP contribution >= 0.6 is 0 Å². The van der Waals surface area contributed by atoms with E-state index >= 15 is 0 Å².